The van der Waals surface area contributed by atoms with E-state index in [4.69, 9.17) is 17.3 Å². The summed E-state index contributed by atoms with van der Waals surface area (Å²) in [4.78, 5) is 21.6. The van der Waals surface area contributed by atoms with E-state index in [1.54, 1.807) is 4.72 Å². The van der Waals surface area contributed by atoms with E-state index < -0.39 is 22.5 Å². The van der Waals surface area contributed by atoms with Crippen molar-refractivity contribution in [1.82, 2.24) is 4.72 Å². The summed E-state index contributed by atoms with van der Waals surface area (Å²) in [5.41, 5.74) is 5.37. The molecule has 4 N–H and O–H groups in total. The monoisotopic (exact) mass is 305 g/mol. The number of nitrogens with one attached hydrogen (secondary N) is 2. The van der Waals surface area contributed by atoms with Crippen molar-refractivity contribution in [2.75, 3.05) is 11.9 Å². The lowest BCUT2D eigenvalue weighted by molar-refractivity contribution is -0.118. The Bertz CT molecular complexity index is 615. The second-order valence-electron chi connectivity index (χ2n) is 3.56. The van der Waals surface area contributed by atoms with Crippen molar-refractivity contribution in [3.8, 4) is 0 Å². The molecule has 0 aromatic heterocycles. The first kappa shape index (κ1) is 15.4. The fourth-order valence-electron chi connectivity index (χ4n) is 1.25. The Kier molecular flexibility index (Phi) is 4.87. The average Bonchev–Trinajstić information content (AvgIpc) is 2.26. The predicted octanol–water partition coefficient (Wildman–Crippen LogP) is 0.0620. The maximum atomic E-state index is 11.8. The molecule has 0 aliphatic rings. The lowest BCUT2D eigenvalue weighted by atomic mass is 10.3. The van der Waals surface area contributed by atoms with Gasteiger partial charge in [0.2, 0.25) is 11.8 Å². The number of nitrogens with two attached hydrogens (primary N) is 1. The van der Waals surface area contributed by atoms with E-state index in [0.29, 0.717) is 5.69 Å². The molecular formula is C10H12ClN3O4S. The van der Waals surface area contributed by atoms with Crippen LogP contribution in [0.4, 0.5) is 5.69 Å². The van der Waals surface area contributed by atoms with Crippen LogP contribution in [0.5, 0.6) is 0 Å². The fraction of sp³-hybridized carbons (Fsp3) is 0.200. The highest BCUT2D eigenvalue weighted by molar-refractivity contribution is 7.90. The van der Waals surface area contributed by atoms with Crippen molar-refractivity contribution in [2.45, 2.75) is 11.8 Å². The third kappa shape index (κ3) is 4.19. The molecule has 1 aromatic carbocycles. The molecule has 0 heterocycles. The van der Waals surface area contributed by atoms with Crippen LogP contribution >= 0.6 is 11.6 Å². The molecule has 0 fully saturated rings. The first-order chi connectivity index (χ1) is 8.76. The Labute approximate surface area is 115 Å². The quantitative estimate of drug-likeness (QED) is 0.727. The Balaban J connectivity index is 3.08. The number of halogens is 1. The smallest absolute Gasteiger partial charge is 0.265 e. The topological polar surface area (TPSA) is 118 Å². The molecule has 0 unspecified atom stereocenters. The van der Waals surface area contributed by atoms with Gasteiger partial charge in [-0.2, -0.15) is 0 Å². The third-order valence-electron chi connectivity index (χ3n) is 1.98. The minimum Gasteiger partial charge on any atom is -0.326 e. The van der Waals surface area contributed by atoms with E-state index in [9.17, 15) is 18.0 Å². The van der Waals surface area contributed by atoms with Gasteiger partial charge < -0.3 is 11.1 Å². The Morgan fingerprint density at radius 2 is 2.00 bits per heavy atom. The van der Waals surface area contributed by atoms with E-state index in [-0.39, 0.29) is 15.8 Å². The summed E-state index contributed by atoms with van der Waals surface area (Å²) in [5, 5.41) is 2.33. The first-order valence-electron chi connectivity index (χ1n) is 5.09. The molecule has 2 amide bonds. The molecule has 0 bridgehead atoms. The molecule has 0 saturated heterocycles. The highest BCUT2D eigenvalue weighted by atomic mass is 35.5. The summed E-state index contributed by atoms with van der Waals surface area (Å²) in [6, 6.07) is 3.80. The van der Waals surface area contributed by atoms with Crippen LogP contribution in [0.25, 0.3) is 0 Å². The largest absolute Gasteiger partial charge is 0.326 e. The lowest BCUT2D eigenvalue weighted by Crippen LogP contribution is -2.35. The van der Waals surface area contributed by atoms with Crippen molar-refractivity contribution in [2.24, 2.45) is 5.73 Å². The van der Waals surface area contributed by atoms with E-state index in [1.165, 1.54) is 25.1 Å². The summed E-state index contributed by atoms with van der Waals surface area (Å²) in [6.07, 6.45) is 0. The zero-order valence-electron chi connectivity index (χ0n) is 9.94. The molecule has 104 valence electrons. The molecule has 0 spiro atoms. The molecular weight excluding hydrogens is 294 g/mol. The van der Waals surface area contributed by atoms with Gasteiger partial charge in [-0.25, -0.2) is 13.1 Å². The second-order valence-corrected chi connectivity index (χ2v) is 5.62. The number of sulfonamides is 1. The Hall–Kier alpha value is -1.64. The third-order valence-corrected chi connectivity index (χ3v) is 3.83. The van der Waals surface area contributed by atoms with Gasteiger partial charge in [0.1, 0.15) is 4.90 Å². The molecule has 0 aliphatic heterocycles. The van der Waals surface area contributed by atoms with Crippen LogP contribution in [0.3, 0.4) is 0 Å². The van der Waals surface area contributed by atoms with Crippen LogP contribution in [0, 0.1) is 0 Å². The minimum atomic E-state index is -4.07. The van der Waals surface area contributed by atoms with E-state index in [2.05, 4.69) is 5.32 Å². The number of hydrogen-bond donors (Lipinski definition) is 3. The zero-order chi connectivity index (χ0) is 14.6. The normalized spacial score (nSPS) is 10.9. The van der Waals surface area contributed by atoms with E-state index >= 15 is 0 Å². The first-order valence-corrected chi connectivity index (χ1v) is 6.95. The average molecular weight is 306 g/mol. The SMILES string of the molecule is CC(=O)Nc1ccc(S(=O)(=O)NC(=O)CN)c(Cl)c1. The maximum Gasteiger partial charge on any atom is 0.265 e. The molecule has 7 nitrogen and oxygen atoms in total. The molecule has 9 heteroatoms. The Morgan fingerprint density at radius 3 is 2.47 bits per heavy atom. The number of hydrogen-bond acceptors (Lipinski definition) is 5. The maximum absolute atomic E-state index is 11.8. The Morgan fingerprint density at radius 1 is 1.37 bits per heavy atom. The molecule has 1 aromatic rings. The summed E-state index contributed by atoms with van der Waals surface area (Å²) in [5.74, 6) is -1.16. The van der Waals surface area contributed by atoms with Gasteiger partial charge in [-0.05, 0) is 18.2 Å². The number of carbonyl (C=O) groups excluding carboxylic acids is 2. The molecule has 19 heavy (non-hydrogen) atoms. The minimum absolute atomic E-state index is 0.122. The molecule has 0 saturated carbocycles. The highest BCUT2D eigenvalue weighted by Crippen LogP contribution is 2.24. The number of amides is 2. The standard InChI is InChI=1S/C10H12ClN3O4S/c1-6(15)13-7-2-3-9(8(11)4-7)19(17,18)14-10(16)5-12/h2-4H,5,12H2,1H3,(H,13,15)(H,14,16). The van der Waals surface area contributed by atoms with Crippen molar-refractivity contribution in [3.05, 3.63) is 23.2 Å². The van der Waals surface area contributed by atoms with Gasteiger partial charge in [-0.15, -0.1) is 0 Å². The van der Waals surface area contributed by atoms with Crippen LogP contribution in [0.1, 0.15) is 6.92 Å². The number of anilines is 1. The highest BCUT2D eigenvalue weighted by Gasteiger charge is 2.20. The van der Waals surface area contributed by atoms with Crippen molar-refractivity contribution in [3.63, 3.8) is 0 Å². The molecule has 0 aliphatic carbocycles. The second kappa shape index (κ2) is 6.00. The van der Waals surface area contributed by atoms with Gasteiger partial charge in [-0.1, -0.05) is 11.6 Å². The summed E-state index contributed by atoms with van der Waals surface area (Å²) < 4.78 is 25.4. The van der Waals surface area contributed by atoms with E-state index in [0.717, 1.165) is 0 Å². The van der Waals surface area contributed by atoms with Gasteiger partial charge in [-0.3, -0.25) is 9.59 Å². The van der Waals surface area contributed by atoms with Gasteiger partial charge >= 0.3 is 0 Å². The van der Waals surface area contributed by atoms with Crippen LogP contribution in [-0.4, -0.2) is 26.8 Å². The predicted molar refractivity (Wildman–Crippen MR) is 70.1 cm³/mol. The summed E-state index contributed by atoms with van der Waals surface area (Å²) in [6.45, 7) is 0.848. The lowest BCUT2D eigenvalue weighted by Gasteiger charge is -2.09. The van der Waals surface area contributed by atoms with Crippen LogP contribution in [0.2, 0.25) is 5.02 Å². The van der Waals surface area contributed by atoms with Gasteiger partial charge in [0.05, 0.1) is 11.6 Å². The number of benzene rings is 1. The van der Waals surface area contributed by atoms with E-state index in [1.807, 2.05) is 0 Å². The van der Waals surface area contributed by atoms with Gasteiger partial charge in [0, 0.05) is 12.6 Å². The van der Waals surface area contributed by atoms with Gasteiger partial charge in [0.15, 0.2) is 0 Å². The molecule has 0 atom stereocenters. The fourth-order valence-corrected chi connectivity index (χ4v) is 2.79. The number of rotatable bonds is 4. The summed E-state index contributed by atoms with van der Waals surface area (Å²) >= 11 is 5.81. The zero-order valence-corrected chi connectivity index (χ0v) is 11.5. The summed E-state index contributed by atoms with van der Waals surface area (Å²) in [7, 11) is -4.07. The molecule has 1 rings (SSSR count). The van der Waals surface area contributed by atoms with Gasteiger partial charge in [0.25, 0.3) is 10.0 Å². The van der Waals surface area contributed by atoms with Crippen LogP contribution < -0.4 is 15.8 Å². The van der Waals surface area contributed by atoms with Crippen LogP contribution in [0.15, 0.2) is 23.1 Å². The van der Waals surface area contributed by atoms with Crippen molar-refractivity contribution >= 4 is 39.1 Å². The van der Waals surface area contributed by atoms with Crippen LogP contribution in [-0.2, 0) is 19.6 Å². The van der Waals surface area contributed by atoms with Crippen molar-refractivity contribution < 1.29 is 18.0 Å². The number of carbonyl (C=O) groups is 2. The van der Waals surface area contributed by atoms with Crippen molar-refractivity contribution in [1.29, 1.82) is 0 Å². The molecule has 0 radical (unpaired) electrons.